The largest absolute Gasteiger partial charge is 0.467 e. The smallest absolute Gasteiger partial charge is 0.328 e. The second-order valence-corrected chi connectivity index (χ2v) is 5.84. The number of benzene rings is 2. The molecular weight excluding hydrogens is 316 g/mol. The van der Waals surface area contributed by atoms with Gasteiger partial charge in [-0.25, -0.2) is 4.79 Å². The molecule has 5 heteroatoms. The van der Waals surface area contributed by atoms with E-state index in [9.17, 15) is 9.59 Å². The molecule has 0 aliphatic carbocycles. The molecule has 25 heavy (non-hydrogen) atoms. The van der Waals surface area contributed by atoms with Crippen molar-refractivity contribution in [2.24, 2.45) is 0 Å². The molecule has 1 amide bonds. The van der Waals surface area contributed by atoms with Gasteiger partial charge in [0.1, 0.15) is 12.6 Å². The number of para-hydroxylation sites is 1. The Hall–Kier alpha value is -3.08. The van der Waals surface area contributed by atoms with Gasteiger partial charge in [-0.1, -0.05) is 48.5 Å². The molecule has 0 bridgehead atoms. The molecule has 1 aromatic heterocycles. The highest BCUT2D eigenvalue weighted by atomic mass is 16.5. The van der Waals surface area contributed by atoms with Crippen LogP contribution in [0.1, 0.15) is 5.56 Å². The van der Waals surface area contributed by atoms with Crippen molar-refractivity contribution in [3.63, 3.8) is 0 Å². The molecule has 0 radical (unpaired) electrons. The van der Waals surface area contributed by atoms with Crippen LogP contribution in [0.25, 0.3) is 10.9 Å². The van der Waals surface area contributed by atoms with Gasteiger partial charge in [-0.2, -0.15) is 0 Å². The second kappa shape index (κ2) is 7.66. The molecule has 1 N–H and O–H groups in total. The number of hydrogen-bond acceptors (Lipinski definition) is 3. The minimum absolute atomic E-state index is 0.149. The zero-order valence-electron chi connectivity index (χ0n) is 14.0. The van der Waals surface area contributed by atoms with Gasteiger partial charge < -0.3 is 14.6 Å². The van der Waals surface area contributed by atoms with E-state index < -0.39 is 12.0 Å². The fraction of sp³-hybridized carbons (Fsp3) is 0.200. The van der Waals surface area contributed by atoms with E-state index in [4.69, 9.17) is 4.74 Å². The molecule has 1 heterocycles. The van der Waals surface area contributed by atoms with Crippen LogP contribution in [0.15, 0.2) is 66.9 Å². The number of amides is 1. The third-order valence-electron chi connectivity index (χ3n) is 4.10. The first kappa shape index (κ1) is 16.8. The van der Waals surface area contributed by atoms with Gasteiger partial charge >= 0.3 is 5.97 Å². The van der Waals surface area contributed by atoms with Crippen molar-refractivity contribution >= 4 is 22.8 Å². The van der Waals surface area contributed by atoms with Gasteiger partial charge in [0.25, 0.3) is 0 Å². The topological polar surface area (TPSA) is 60.3 Å². The molecule has 0 saturated carbocycles. The molecule has 0 aliphatic rings. The van der Waals surface area contributed by atoms with E-state index in [-0.39, 0.29) is 12.5 Å². The Balaban J connectivity index is 1.70. The average Bonchev–Trinajstić information content (AvgIpc) is 3.04. The lowest BCUT2D eigenvalue weighted by molar-refractivity contribution is -0.145. The first-order valence-electron chi connectivity index (χ1n) is 8.12. The summed E-state index contributed by atoms with van der Waals surface area (Å²) in [4.78, 5) is 24.5. The number of methoxy groups -OCH3 is 1. The Morgan fingerprint density at radius 2 is 1.76 bits per heavy atom. The Kier molecular flexibility index (Phi) is 5.14. The maximum atomic E-state index is 12.4. The van der Waals surface area contributed by atoms with Gasteiger partial charge in [0, 0.05) is 18.1 Å². The maximum Gasteiger partial charge on any atom is 0.328 e. The van der Waals surface area contributed by atoms with E-state index in [1.54, 1.807) is 0 Å². The standard InChI is InChI=1S/C20H20N2O3/c1-25-20(24)17(13-15-7-3-2-4-8-15)21-19(23)14-22-12-11-16-9-5-6-10-18(16)22/h2-12,17H,13-14H2,1H3,(H,21,23)/t17-/m1/s1. The monoisotopic (exact) mass is 336 g/mol. The average molecular weight is 336 g/mol. The van der Waals surface area contributed by atoms with E-state index in [1.165, 1.54) is 7.11 Å². The summed E-state index contributed by atoms with van der Waals surface area (Å²) in [5.41, 5.74) is 1.94. The van der Waals surface area contributed by atoms with E-state index in [0.717, 1.165) is 16.5 Å². The van der Waals surface area contributed by atoms with Crippen molar-refractivity contribution in [1.29, 1.82) is 0 Å². The molecule has 0 unspecified atom stereocenters. The number of esters is 1. The molecule has 3 aromatic rings. The van der Waals surface area contributed by atoms with Crippen LogP contribution in [0.2, 0.25) is 0 Å². The van der Waals surface area contributed by atoms with Gasteiger partial charge in [0.2, 0.25) is 5.91 Å². The van der Waals surface area contributed by atoms with Crippen LogP contribution in [0.5, 0.6) is 0 Å². The van der Waals surface area contributed by atoms with E-state index in [0.29, 0.717) is 6.42 Å². The summed E-state index contributed by atoms with van der Waals surface area (Å²) in [6, 6.07) is 18.7. The molecule has 1 atom stereocenters. The number of nitrogens with one attached hydrogen (secondary N) is 1. The molecule has 5 nitrogen and oxygen atoms in total. The number of ether oxygens (including phenoxy) is 1. The molecule has 0 spiro atoms. The summed E-state index contributed by atoms with van der Waals surface area (Å²) in [6.45, 7) is 0.149. The summed E-state index contributed by atoms with van der Waals surface area (Å²) in [5, 5.41) is 3.86. The summed E-state index contributed by atoms with van der Waals surface area (Å²) in [7, 11) is 1.33. The third kappa shape index (κ3) is 4.07. The Morgan fingerprint density at radius 1 is 1.04 bits per heavy atom. The second-order valence-electron chi connectivity index (χ2n) is 5.84. The summed E-state index contributed by atoms with van der Waals surface area (Å²) in [6.07, 6.45) is 2.26. The molecular formula is C20H20N2O3. The lowest BCUT2D eigenvalue weighted by Crippen LogP contribution is -2.44. The minimum atomic E-state index is -0.707. The van der Waals surface area contributed by atoms with Crippen molar-refractivity contribution in [2.75, 3.05) is 7.11 Å². The zero-order valence-corrected chi connectivity index (χ0v) is 14.0. The SMILES string of the molecule is COC(=O)[C@@H](Cc1ccccc1)NC(=O)Cn1ccc2ccccc21. The van der Waals surface area contributed by atoms with Crippen molar-refractivity contribution in [2.45, 2.75) is 19.0 Å². The van der Waals surface area contributed by atoms with Gasteiger partial charge in [-0.3, -0.25) is 4.79 Å². The van der Waals surface area contributed by atoms with E-state index in [2.05, 4.69) is 5.32 Å². The molecule has 0 fully saturated rings. The van der Waals surface area contributed by atoms with Crippen molar-refractivity contribution < 1.29 is 14.3 Å². The number of nitrogens with zero attached hydrogens (tertiary/aromatic N) is 1. The van der Waals surface area contributed by atoms with Gasteiger partial charge in [0.05, 0.1) is 7.11 Å². The predicted octanol–water partition coefficient (Wildman–Crippen LogP) is 2.54. The van der Waals surface area contributed by atoms with Crippen molar-refractivity contribution in [3.8, 4) is 0 Å². The van der Waals surface area contributed by atoms with Gasteiger partial charge in [0.15, 0.2) is 0 Å². The van der Waals surface area contributed by atoms with E-state index >= 15 is 0 Å². The first-order chi connectivity index (χ1) is 12.2. The van der Waals surface area contributed by atoms with Crippen LogP contribution in [0, 0.1) is 0 Å². The summed E-state index contributed by atoms with van der Waals surface area (Å²) in [5.74, 6) is -0.678. The van der Waals surface area contributed by atoms with Crippen LogP contribution >= 0.6 is 0 Å². The quantitative estimate of drug-likeness (QED) is 0.704. The normalized spacial score (nSPS) is 11.9. The first-order valence-corrected chi connectivity index (χ1v) is 8.12. The Morgan fingerprint density at radius 3 is 2.52 bits per heavy atom. The van der Waals surface area contributed by atoms with Crippen LogP contribution in [-0.2, 0) is 27.3 Å². The molecule has 0 saturated heterocycles. The van der Waals surface area contributed by atoms with Gasteiger partial charge in [-0.15, -0.1) is 0 Å². The molecule has 0 aliphatic heterocycles. The minimum Gasteiger partial charge on any atom is -0.467 e. The number of carbonyl (C=O) groups excluding carboxylic acids is 2. The fourth-order valence-electron chi connectivity index (χ4n) is 2.86. The lowest BCUT2D eigenvalue weighted by atomic mass is 10.1. The van der Waals surface area contributed by atoms with E-state index in [1.807, 2.05) is 71.4 Å². The van der Waals surface area contributed by atoms with Crippen LogP contribution in [-0.4, -0.2) is 29.6 Å². The number of fused-ring (bicyclic) bond motifs is 1. The number of aromatic nitrogens is 1. The van der Waals surface area contributed by atoms with Crippen molar-refractivity contribution in [1.82, 2.24) is 9.88 Å². The molecule has 128 valence electrons. The summed E-state index contributed by atoms with van der Waals surface area (Å²) >= 11 is 0. The number of rotatable bonds is 6. The summed E-state index contributed by atoms with van der Waals surface area (Å²) < 4.78 is 6.69. The van der Waals surface area contributed by atoms with Crippen molar-refractivity contribution in [3.05, 3.63) is 72.4 Å². The Bertz CT molecular complexity index is 871. The highest BCUT2D eigenvalue weighted by molar-refractivity contribution is 5.86. The Labute approximate surface area is 146 Å². The van der Waals surface area contributed by atoms with Crippen LogP contribution in [0.4, 0.5) is 0 Å². The molecule has 2 aromatic carbocycles. The third-order valence-corrected chi connectivity index (χ3v) is 4.10. The van der Waals surface area contributed by atoms with Gasteiger partial charge in [-0.05, 0) is 23.1 Å². The maximum absolute atomic E-state index is 12.4. The number of carbonyl (C=O) groups is 2. The lowest BCUT2D eigenvalue weighted by Gasteiger charge is -2.17. The molecule has 3 rings (SSSR count). The highest BCUT2D eigenvalue weighted by Gasteiger charge is 2.22. The number of hydrogen-bond donors (Lipinski definition) is 1. The predicted molar refractivity (Wildman–Crippen MR) is 96.0 cm³/mol. The zero-order chi connectivity index (χ0) is 17.6. The fourth-order valence-corrected chi connectivity index (χ4v) is 2.86. The highest BCUT2D eigenvalue weighted by Crippen LogP contribution is 2.14. The van der Waals surface area contributed by atoms with Crippen LogP contribution in [0.3, 0.4) is 0 Å². The van der Waals surface area contributed by atoms with Crippen LogP contribution < -0.4 is 5.32 Å².